The van der Waals surface area contributed by atoms with Crippen LogP contribution in [-0.4, -0.2) is 21.4 Å². The average Bonchev–Trinajstić information content (AvgIpc) is 2.05. The Balaban J connectivity index is 3.02. The highest BCUT2D eigenvalue weighted by Gasteiger charge is 2.00. The Morgan fingerprint density at radius 2 is 2.36 bits per heavy atom. The molecule has 0 saturated heterocycles. The highest BCUT2D eigenvalue weighted by atomic mass is 32.2. The van der Waals surface area contributed by atoms with Crippen LogP contribution < -0.4 is 5.48 Å². The molecule has 0 fully saturated rings. The first-order valence-corrected chi connectivity index (χ1v) is 4.28. The zero-order valence-corrected chi connectivity index (χ0v) is 7.14. The largest absolute Gasteiger partial charge is 0.290 e. The van der Waals surface area contributed by atoms with Crippen molar-refractivity contribution < 1.29 is 5.21 Å². The van der Waals surface area contributed by atoms with Crippen LogP contribution >= 0.6 is 11.8 Å². The van der Waals surface area contributed by atoms with E-state index in [9.17, 15) is 0 Å². The summed E-state index contributed by atoms with van der Waals surface area (Å²) >= 11 is 1.43. The van der Waals surface area contributed by atoms with Gasteiger partial charge in [0.2, 0.25) is 0 Å². The third kappa shape index (κ3) is 1.81. The molecule has 0 spiro atoms. The SMILES string of the molecule is CSc1ncc(C)c(NO)n1. The van der Waals surface area contributed by atoms with Crippen molar-refractivity contribution in [3.05, 3.63) is 11.8 Å². The third-order valence-electron chi connectivity index (χ3n) is 1.24. The molecule has 1 heterocycles. The summed E-state index contributed by atoms with van der Waals surface area (Å²) in [5.41, 5.74) is 2.83. The van der Waals surface area contributed by atoms with E-state index in [1.54, 1.807) is 6.20 Å². The molecule has 0 aliphatic heterocycles. The van der Waals surface area contributed by atoms with Crippen molar-refractivity contribution in [1.29, 1.82) is 0 Å². The van der Waals surface area contributed by atoms with Crippen LogP contribution in [0.2, 0.25) is 0 Å². The van der Waals surface area contributed by atoms with Gasteiger partial charge in [-0.1, -0.05) is 11.8 Å². The number of nitrogens with zero attached hydrogens (tertiary/aromatic N) is 2. The van der Waals surface area contributed by atoms with Gasteiger partial charge in [-0.15, -0.1) is 0 Å². The predicted molar refractivity (Wildman–Crippen MR) is 44.0 cm³/mol. The van der Waals surface area contributed by atoms with Crippen LogP contribution in [0.5, 0.6) is 0 Å². The molecule has 0 saturated carbocycles. The molecule has 5 heteroatoms. The molecule has 0 radical (unpaired) electrons. The van der Waals surface area contributed by atoms with Crippen molar-refractivity contribution in [3.8, 4) is 0 Å². The molecule has 4 nitrogen and oxygen atoms in total. The first-order valence-electron chi connectivity index (χ1n) is 3.05. The van der Waals surface area contributed by atoms with Gasteiger partial charge in [-0.25, -0.2) is 9.97 Å². The number of thioether (sulfide) groups is 1. The Labute approximate surface area is 69.0 Å². The summed E-state index contributed by atoms with van der Waals surface area (Å²) in [4.78, 5) is 8.01. The third-order valence-corrected chi connectivity index (χ3v) is 1.80. The number of anilines is 1. The minimum Gasteiger partial charge on any atom is -0.290 e. The van der Waals surface area contributed by atoms with Crippen LogP contribution in [0.3, 0.4) is 0 Å². The van der Waals surface area contributed by atoms with Gasteiger partial charge in [0.25, 0.3) is 0 Å². The molecule has 0 bridgehead atoms. The monoisotopic (exact) mass is 171 g/mol. The van der Waals surface area contributed by atoms with Gasteiger partial charge in [0, 0.05) is 11.8 Å². The van der Waals surface area contributed by atoms with E-state index in [0.29, 0.717) is 11.0 Å². The maximum absolute atomic E-state index is 8.59. The highest BCUT2D eigenvalue weighted by molar-refractivity contribution is 7.98. The molecule has 0 aromatic carbocycles. The molecule has 1 rings (SSSR count). The summed E-state index contributed by atoms with van der Waals surface area (Å²) in [6.07, 6.45) is 3.54. The minimum absolute atomic E-state index is 0.462. The second-order valence-electron chi connectivity index (χ2n) is 2.00. The summed E-state index contributed by atoms with van der Waals surface area (Å²) in [7, 11) is 0. The topological polar surface area (TPSA) is 58.0 Å². The van der Waals surface area contributed by atoms with Crippen molar-refractivity contribution in [3.63, 3.8) is 0 Å². The second kappa shape index (κ2) is 3.54. The lowest BCUT2D eigenvalue weighted by Gasteiger charge is -2.02. The second-order valence-corrected chi connectivity index (χ2v) is 2.77. The van der Waals surface area contributed by atoms with Crippen molar-refractivity contribution in [2.24, 2.45) is 0 Å². The van der Waals surface area contributed by atoms with Crippen molar-refractivity contribution >= 4 is 17.6 Å². The van der Waals surface area contributed by atoms with Crippen LogP contribution in [0.4, 0.5) is 5.82 Å². The molecule has 0 aliphatic rings. The first kappa shape index (κ1) is 8.29. The Kier molecular flexibility index (Phi) is 2.67. The molecular weight excluding hydrogens is 162 g/mol. The molecule has 0 aliphatic carbocycles. The Bertz CT molecular complexity index is 254. The summed E-state index contributed by atoms with van der Waals surface area (Å²) in [6.45, 7) is 1.82. The van der Waals surface area contributed by atoms with Crippen molar-refractivity contribution in [2.75, 3.05) is 11.7 Å². The Morgan fingerprint density at radius 1 is 1.64 bits per heavy atom. The number of hydrogen-bond donors (Lipinski definition) is 2. The van der Waals surface area contributed by atoms with Crippen LogP contribution in [0.1, 0.15) is 5.56 Å². The Morgan fingerprint density at radius 3 is 2.91 bits per heavy atom. The van der Waals surface area contributed by atoms with E-state index < -0.39 is 0 Å². The quantitative estimate of drug-likeness (QED) is 0.399. The van der Waals surface area contributed by atoms with Gasteiger partial charge in [-0.2, -0.15) is 0 Å². The summed E-state index contributed by atoms with van der Waals surface area (Å²) in [5, 5.41) is 9.23. The lowest BCUT2D eigenvalue weighted by Crippen LogP contribution is -1.98. The van der Waals surface area contributed by atoms with E-state index in [-0.39, 0.29) is 0 Å². The number of aryl methyl sites for hydroxylation is 1. The number of nitrogens with one attached hydrogen (secondary N) is 1. The van der Waals surface area contributed by atoms with E-state index >= 15 is 0 Å². The Hall–Kier alpha value is -0.810. The molecule has 0 unspecified atom stereocenters. The zero-order chi connectivity index (χ0) is 8.27. The molecule has 1 aromatic rings. The number of rotatable bonds is 2. The van der Waals surface area contributed by atoms with Crippen LogP contribution in [0, 0.1) is 6.92 Å². The molecule has 2 N–H and O–H groups in total. The fourth-order valence-electron chi connectivity index (χ4n) is 0.637. The lowest BCUT2D eigenvalue weighted by atomic mass is 10.4. The van der Waals surface area contributed by atoms with Crippen LogP contribution in [0.25, 0.3) is 0 Å². The summed E-state index contributed by atoms with van der Waals surface area (Å²) in [6, 6.07) is 0. The van der Waals surface area contributed by atoms with Crippen molar-refractivity contribution in [1.82, 2.24) is 9.97 Å². The molecule has 0 atom stereocenters. The predicted octanol–water partition coefficient (Wildman–Crippen LogP) is 1.31. The van der Waals surface area contributed by atoms with Gasteiger partial charge in [-0.3, -0.25) is 10.7 Å². The molecule has 0 amide bonds. The van der Waals surface area contributed by atoms with Gasteiger partial charge >= 0.3 is 0 Å². The van der Waals surface area contributed by atoms with E-state index in [2.05, 4.69) is 9.97 Å². The standard InChI is InChI=1S/C6H9N3OS/c1-4-3-7-6(11-2)8-5(4)9-10/h3,10H,1-2H3,(H,7,8,9). The van der Waals surface area contributed by atoms with E-state index in [1.807, 2.05) is 18.7 Å². The molecular formula is C6H9N3OS. The van der Waals surface area contributed by atoms with Gasteiger partial charge in [0.15, 0.2) is 11.0 Å². The fraction of sp³-hybridized carbons (Fsp3) is 0.333. The van der Waals surface area contributed by atoms with Gasteiger partial charge in [0.05, 0.1) is 0 Å². The van der Waals surface area contributed by atoms with Gasteiger partial charge in [0.1, 0.15) is 0 Å². The average molecular weight is 171 g/mol. The highest BCUT2D eigenvalue weighted by Crippen LogP contribution is 2.14. The maximum atomic E-state index is 8.59. The molecule has 11 heavy (non-hydrogen) atoms. The molecule has 1 aromatic heterocycles. The van der Waals surface area contributed by atoms with E-state index in [1.165, 1.54) is 11.8 Å². The van der Waals surface area contributed by atoms with Crippen LogP contribution in [-0.2, 0) is 0 Å². The number of aromatic nitrogens is 2. The summed E-state index contributed by atoms with van der Waals surface area (Å²) < 4.78 is 0. The van der Waals surface area contributed by atoms with Gasteiger partial charge < -0.3 is 0 Å². The van der Waals surface area contributed by atoms with Crippen LogP contribution in [0.15, 0.2) is 11.4 Å². The normalized spacial score (nSPS) is 9.73. The van der Waals surface area contributed by atoms with E-state index in [4.69, 9.17) is 5.21 Å². The van der Waals surface area contributed by atoms with Crippen molar-refractivity contribution in [2.45, 2.75) is 12.1 Å². The smallest absolute Gasteiger partial charge is 0.189 e. The zero-order valence-electron chi connectivity index (χ0n) is 6.33. The number of hydrogen-bond acceptors (Lipinski definition) is 5. The maximum Gasteiger partial charge on any atom is 0.189 e. The fourth-order valence-corrected chi connectivity index (χ4v) is 0.978. The lowest BCUT2D eigenvalue weighted by molar-refractivity contribution is 0.384. The molecule has 60 valence electrons. The van der Waals surface area contributed by atoms with E-state index in [0.717, 1.165) is 5.56 Å². The summed E-state index contributed by atoms with van der Waals surface area (Å²) in [5.74, 6) is 0.462. The first-order chi connectivity index (χ1) is 5.27. The minimum atomic E-state index is 0.462. The van der Waals surface area contributed by atoms with Gasteiger partial charge in [-0.05, 0) is 13.2 Å².